The molecule has 0 N–H and O–H groups in total. The minimum atomic E-state index is -0.680. The van der Waals surface area contributed by atoms with E-state index in [2.05, 4.69) is 12.1 Å². The number of hydrogen-bond donors (Lipinski definition) is 0. The van der Waals surface area contributed by atoms with Crippen LogP contribution in [0.1, 0.15) is 74.8 Å². The molecule has 3 aliphatic rings. The lowest BCUT2D eigenvalue weighted by atomic mass is 9.69. The summed E-state index contributed by atoms with van der Waals surface area (Å²) in [5, 5.41) is 0. The van der Waals surface area contributed by atoms with Crippen LogP contribution >= 0.6 is 0 Å². The molecule has 2 aromatic rings. The predicted molar refractivity (Wildman–Crippen MR) is 142 cm³/mol. The zero-order valence-electron chi connectivity index (χ0n) is 21.9. The number of aliphatic imine (C=N–C) groups is 1. The van der Waals surface area contributed by atoms with E-state index in [1.165, 1.54) is 6.42 Å². The molecule has 2 aromatic carbocycles. The van der Waals surface area contributed by atoms with Gasteiger partial charge in [-0.3, -0.25) is 14.6 Å². The number of ether oxygens (including phenoxy) is 3. The van der Waals surface area contributed by atoms with Crippen molar-refractivity contribution in [3.8, 4) is 11.5 Å². The van der Waals surface area contributed by atoms with Gasteiger partial charge in [0.2, 0.25) is 0 Å². The highest BCUT2D eigenvalue weighted by molar-refractivity contribution is 6.09. The third-order valence-electron chi connectivity index (χ3n) is 8.02. The van der Waals surface area contributed by atoms with Gasteiger partial charge in [0.25, 0.3) is 0 Å². The number of allylic oxidation sites excluding steroid dienone is 2. The molecule has 1 aliphatic heterocycles. The number of hydrogen-bond acceptors (Lipinski definition) is 6. The molecule has 0 saturated heterocycles. The summed E-state index contributed by atoms with van der Waals surface area (Å²) < 4.78 is 17.2. The first-order valence-electron chi connectivity index (χ1n) is 13.3. The highest BCUT2D eigenvalue weighted by Crippen LogP contribution is 2.49. The standard InChI is InChI=1S/C31H35NO5/c1-19-28(31(34)37-22-12-8-5-9-13-22)29(24-15-14-23(35-2)18-27(24)36-3)30-25(32-19)16-21(17-26(30)33)20-10-6-4-7-11-20/h4,6-7,10-11,14-15,18,21-22,28-29H,5,8-9,12-13,16-17H2,1-3H3/t21-,28?,29-/m0/s1. The quantitative estimate of drug-likeness (QED) is 0.444. The summed E-state index contributed by atoms with van der Waals surface area (Å²) in [5.74, 6) is -0.178. The number of benzene rings is 2. The van der Waals surface area contributed by atoms with Gasteiger partial charge in [-0.2, -0.15) is 0 Å². The van der Waals surface area contributed by atoms with Crippen LogP contribution in [-0.2, 0) is 14.3 Å². The average Bonchev–Trinajstić information content (AvgIpc) is 2.92. The van der Waals surface area contributed by atoms with Gasteiger partial charge in [-0.05, 0) is 56.6 Å². The normalized spacial score (nSPS) is 24.2. The number of ketones is 1. The Balaban J connectivity index is 1.57. The molecule has 194 valence electrons. The predicted octanol–water partition coefficient (Wildman–Crippen LogP) is 6.15. The summed E-state index contributed by atoms with van der Waals surface area (Å²) in [6.07, 6.45) is 6.05. The van der Waals surface area contributed by atoms with E-state index in [9.17, 15) is 9.59 Å². The second kappa shape index (κ2) is 10.9. The Labute approximate surface area is 218 Å². The van der Waals surface area contributed by atoms with E-state index in [4.69, 9.17) is 19.2 Å². The van der Waals surface area contributed by atoms with Crippen LogP contribution in [-0.4, -0.2) is 37.8 Å². The molecule has 0 amide bonds. The van der Waals surface area contributed by atoms with Crippen LogP contribution in [0.2, 0.25) is 0 Å². The molecule has 6 heteroatoms. The SMILES string of the molecule is COc1ccc([C@@H]2C3=C(C[C@H](c4ccccc4)CC3=O)N=C(C)C2C(=O)OC2CCCCC2)c(OC)c1. The second-order valence-electron chi connectivity index (χ2n) is 10.3. The van der Waals surface area contributed by atoms with Crippen LogP contribution in [0.3, 0.4) is 0 Å². The van der Waals surface area contributed by atoms with Crippen LogP contribution in [0.5, 0.6) is 11.5 Å². The molecule has 1 unspecified atom stereocenters. The largest absolute Gasteiger partial charge is 0.497 e. The first-order chi connectivity index (χ1) is 18.0. The smallest absolute Gasteiger partial charge is 0.315 e. The van der Waals surface area contributed by atoms with Gasteiger partial charge in [-0.25, -0.2) is 0 Å². The van der Waals surface area contributed by atoms with Crippen molar-refractivity contribution in [2.24, 2.45) is 10.9 Å². The molecule has 0 bridgehead atoms. The number of carbonyl (C=O) groups is 2. The Morgan fingerprint density at radius 1 is 0.946 bits per heavy atom. The summed E-state index contributed by atoms with van der Waals surface area (Å²) in [6, 6.07) is 15.7. The highest BCUT2D eigenvalue weighted by atomic mass is 16.5. The van der Waals surface area contributed by atoms with Crippen molar-refractivity contribution in [1.82, 2.24) is 0 Å². The van der Waals surface area contributed by atoms with Gasteiger partial charge in [0, 0.05) is 41.0 Å². The molecule has 0 aromatic heterocycles. The van der Waals surface area contributed by atoms with E-state index < -0.39 is 11.8 Å². The number of Topliss-reactive ketones (excluding diaryl/α,β-unsaturated/α-hetero) is 1. The van der Waals surface area contributed by atoms with Crippen LogP contribution < -0.4 is 9.47 Å². The first-order valence-corrected chi connectivity index (χ1v) is 13.3. The monoisotopic (exact) mass is 501 g/mol. The third-order valence-corrected chi connectivity index (χ3v) is 8.02. The molecular weight excluding hydrogens is 466 g/mol. The van der Waals surface area contributed by atoms with E-state index in [1.54, 1.807) is 20.3 Å². The Hall–Kier alpha value is -3.41. The fourth-order valence-corrected chi connectivity index (χ4v) is 6.16. The second-order valence-corrected chi connectivity index (χ2v) is 10.3. The van der Waals surface area contributed by atoms with Gasteiger partial charge in [0.15, 0.2) is 5.78 Å². The number of methoxy groups -OCH3 is 2. The average molecular weight is 502 g/mol. The minimum absolute atomic E-state index is 0.0321. The first kappa shape index (κ1) is 25.2. The number of rotatable bonds is 6. The lowest BCUT2D eigenvalue weighted by Crippen LogP contribution is -2.39. The van der Waals surface area contributed by atoms with E-state index in [-0.39, 0.29) is 23.8 Å². The zero-order valence-corrected chi connectivity index (χ0v) is 21.9. The van der Waals surface area contributed by atoms with Gasteiger partial charge in [-0.15, -0.1) is 0 Å². The summed E-state index contributed by atoms with van der Waals surface area (Å²) in [7, 11) is 3.20. The Kier molecular flexibility index (Phi) is 7.45. The Bertz CT molecular complexity index is 1230. The molecule has 0 radical (unpaired) electrons. The third kappa shape index (κ3) is 5.07. The summed E-state index contributed by atoms with van der Waals surface area (Å²) in [4.78, 5) is 32.5. The van der Waals surface area contributed by atoms with Crippen molar-refractivity contribution < 1.29 is 23.8 Å². The molecule has 0 spiro atoms. The van der Waals surface area contributed by atoms with E-state index in [1.807, 2.05) is 37.3 Å². The summed E-state index contributed by atoms with van der Waals surface area (Å²) >= 11 is 0. The molecule has 3 atom stereocenters. The molecule has 5 rings (SSSR count). The number of carbonyl (C=O) groups excluding carboxylic acids is 2. The summed E-state index contributed by atoms with van der Waals surface area (Å²) in [5.41, 5.74) is 3.98. The lowest BCUT2D eigenvalue weighted by molar-refractivity contribution is -0.153. The van der Waals surface area contributed by atoms with Crippen LogP contribution in [0, 0.1) is 5.92 Å². The molecule has 1 fully saturated rings. The van der Waals surface area contributed by atoms with Crippen molar-refractivity contribution in [2.75, 3.05) is 14.2 Å². The maximum atomic E-state index is 13.8. The molecule has 2 aliphatic carbocycles. The molecule has 1 heterocycles. The summed E-state index contributed by atoms with van der Waals surface area (Å²) in [6.45, 7) is 1.89. The molecule has 37 heavy (non-hydrogen) atoms. The maximum absolute atomic E-state index is 13.8. The van der Waals surface area contributed by atoms with Crippen molar-refractivity contribution in [3.05, 3.63) is 70.9 Å². The van der Waals surface area contributed by atoms with Crippen molar-refractivity contribution in [1.29, 1.82) is 0 Å². The number of esters is 1. The van der Waals surface area contributed by atoms with Crippen molar-refractivity contribution in [2.45, 2.75) is 69.8 Å². The number of nitrogens with zero attached hydrogens (tertiary/aromatic N) is 1. The van der Waals surface area contributed by atoms with Gasteiger partial charge >= 0.3 is 5.97 Å². The maximum Gasteiger partial charge on any atom is 0.315 e. The molecule has 1 saturated carbocycles. The fraction of sp³-hybridized carbons (Fsp3) is 0.452. The fourth-order valence-electron chi connectivity index (χ4n) is 6.16. The van der Waals surface area contributed by atoms with Gasteiger partial charge < -0.3 is 14.2 Å². The van der Waals surface area contributed by atoms with E-state index >= 15 is 0 Å². The van der Waals surface area contributed by atoms with Gasteiger partial charge in [0.05, 0.1) is 14.2 Å². The van der Waals surface area contributed by atoms with Gasteiger partial charge in [0.1, 0.15) is 23.5 Å². The van der Waals surface area contributed by atoms with Crippen molar-refractivity contribution >= 4 is 17.5 Å². The van der Waals surface area contributed by atoms with Crippen LogP contribution in [0.4, 0.5) is 0 Å². The van der Waals surface area contributed by atoms with Crippen LogP contribution in [0.25, 0.3) is 0 Å². The molecule has 6 nitrogen and oxygen atoms in total. The zero-order chi connectivity index (χ0) is 25.9. The van der Waals surface area contributed by atoms with Gasteiger partial charge in [-0.1, -0.05) is 42.8 Å². The Morgan fingerprint density at radius 3 is 2.41 bits per heavy atom. The van der Waals surface area contributed by atoms with E-state index in [0.29, 0.717) is 35.6 Å². The molecular formula is C31H35NO5. The minimum Gasteiger partial charge on any atom is -0.497 e. The van der Waals surface area contributed by atoms with E-state index in [0.717, 1.165) is 42.5 Å². The van der Waals surface area contributed by atoms with Crippen LogP contribution in [0.15, 0.2) is 64.8 Å². The topological polar surface area (TPSA) is 74.2 Å². The Morgan fingerprint density at radius 2 is 1.70 bits per heavy atom. The van der Waals surface area contributed by atoms with Crippen molar-refractivity contribution in [3.63, 3.8) is 0 Å². The lowest BCUT2D eigenvalue weighted by Gasteiger charge is -2.37. The highest BCUT2D eigenvalue weighted by Gasteiger charge is 2.46.